The van der Waals surface area contributed by atoms with Crippen molar-refractivity contribution in [2.75, 3.05) is 17.4 Å². The van der Waals surface area contributed by atoms with Gasteiger partial charge in [-0.25, -0.2) is 0 Å². The van der Waals surface area contributed by atoms with E-state index in [0.29, 0.717) is 13.2 Å². The van der Waals surface area contributed by atoms with E-state index in [4.69, 9.17) is 16.3 Å². The Morgan fingerprint density at radius 2 is 1.75 bits per heavy atom. The molecule has 1 N–H and O–H groups in total. The average molecular weight is 405 g/mol. The standard InChI is InChI=1S/C22H29ClN2O3/c1-5-16-9-8-10-17(6-2)21(16)25(20(26)13-23)14-18-11-12-19(24-18)15(4)22(27)28-7-3/h8-12,15,24H,5-7,13-14H2,1-4H3. The molecule has 0 saturated carbocycles. The van der Waals surface area contributed by atoms with Gasteiger partial charge in [0.05, 0.1) is 24.8 Å². The number of amides is 1. The third-order valence-corrected chi connectivity index (χ3v) is 5.08. The van der Waals surface area contributed by atoms with Crippen LogP contribution in [0.25, 0.3) is 0 Å². The summed E-state index contributed by atoms with van der Waals surface area (Å²) in [4.78, 5) is 29.7. The number of aromatic amines is 1. The predicted molar refractivity (Wildman–Crippen MR) is 113 cm³/mol. The number of carbonyl (C=O) groups excluding carboxylic acids is 2. The lowest BCUT2D eigenvalue weighted by molar-refractivity contribution is -0.144. The summed E-state index contributed by atoms with van der Waals surface area (Å²) >= 11 is 5.92. The van der Waals surface area contributed by atoms with E-state index in [2.05, 4.69) is 18.8 Å². The van der Waals surface area contributed by atoms with Gasteiger partial charge in [0.25, 0.3) is 0 Å². The summed E-state index contributed by atoms with van der Waals surface area (Å²) in [6.07, 6.45) is 1.65. The van der Waals surface area contributed by atoms with Crippen LogP contribution in [0.2, 0.25) is 0 Å². The monoisotopic (exact) mass is 404 g/mol. The highest BCUT2D eigenvalue weighted by molar-refractivity contribution is 6.29. The molecule has 0 fully saturated rings. The molecule has 1 heterocycles. The first-order valence-electron chi connectivity index (χ1n) is 9.78. The number of para-hydroxylation sites is 1. The van der Waals surface area contributed by atoms with E-state index in [9.17, 15) is 9.59 Å². The number of nitrogens with zero attached hydrogens (tertiary/aromatic N) is 1. The molecule has 0 saturated heterocycles. The largest absolute Gasteiger partial charge is 0.465 e. The number of hydrogen-bond acceptors (Lipinski definition) is 3. The normalized spacial score (nSPS) is 11.9. The van der Waals surface area contributed by atoms with Crippen LogP contribution < -0.4 is 4.90 Å². The fraction of sp³-hybridized carbons (Fsp3) is 0.455. The fourth-order valence-electron chi connectivity index (χ4n) is 3.29. The number of hydrogen-bond donors (Lipinski definition) is 1. The van der Waals surface area contributed by atoms with Crippen LogP contribution in [0.4, 0.5) is 5.69 Å². The Morgan fingerprint density at radius 1 is 1.11 bits per heavy atom. The van der Waals surface area contributed by atoms with E-state index in [1.54, 1.807) is 18.7 Å². The Morgan fingerprint density at radius 3 is 2.29 bits per heavy atom. The summed E-state index contributed by atoms with van der Waals surface area (Å²) in [5.41, 5.74) is 4.78. The van der Waals surface area contributed by atoms with Gasteiger partial charge in [-0.15, -0.1) is 11.6 Å². The van der Waals surface area contributed by atoms with Crippen LogP contribution >= 0.6 is 11.6 Å². The molecule has 0 spiro atoms. The molecule has 0 aliphatic carbocycles. The van der Waals surface area contributed by atoms with Gasteiger partial charge in [-0.1, -0.05) is 32.0 Å². The van der Waals surface area contributed by atoms with Gasteiger partial charge in [0, 0.05) is 11.4 Å². The van der Waals surface area contributed by atoms with Crippen LogP contribution in [0.15, 0.2) is 30.3 Å². The van der Waals surface area contributed by atoms with Crippen molar-refractivity contribution in [2.24, 2.45) is 0 Å². The number of ether oxygens (including phenoxy) is 1. The third kappa shape index (κ3) is 4.96. The summed E-state index contributed by atoms with van der Waals surface area (Å²) in [6, 6.07) is 9.89. The molecule has 0 bridgehead atoms. The summed E-state index contributed by atoms with van der Waals surface area (Å²) in [5.74, 6) is -0.894. The molecule has 5 nitrogen and oxygen atoms in total. The van der Waals surface area contributed by atoms with E-state index in [1.807, 2.05) is 30.3 Å². The van der Waals surface area contributed by atoms with Crippen LogP contribution in [0.1, 0.15) is 56.1 Å². The van der Waals surface area contributed by atoms with E-state index in [-0.39, 0.29) is 23.7 Å². The average Bonchev–Trinajstić information content (AvgIpc) is 3.19. The second-order valence-corrected chi connectivity index (χ2v) is 6.93. The molecular weight excluding hydrogens is 376 g/mol. The number of esters is 1. The number of H-pyrrole nitrogens is 1. The summed E-state index contributed by atoms with van der Waals surface area (Å²) in [7, 11) is 0. The Kier molecular flexibility index (Phi) is 8.12. The molecule has 6 heteroatoms. The highest BCUT2D eigenvalue weighted by Gasteiger charge is 2.23. The minimum absolute atomic E-state index is 0.0893. The number of alkyl halides is 1. The second-order valence-electron chi connectivity index (χ2n) is 6.66. The van der Waals surface area contributed by atoms with Crippen molar-refractivity contribution in [1.82, 2.24) is 4.98 Å². The van der Waals surface area contributed by atoms with Crippen molar-refractivity contribution < 1.29 is 14.3 Å². The molecule has 28 heavy (non-hydrogen) atoms. The number of aromatic nitrogens is 1. The maximum Gasteiger partial charge on any atom is 0.314 e. The van der Waals surface area contributed by atoms with Gasteiger partial charge in [-0.2, -0.15) is 0 Å². The van der Waals surface area contributed by atoms with Gasteiger partial charge in [-0.3, -0.25) is 9.59 Å². The third-order valence-electron chi connectivity index (χ3n) is 4.85. The van der Waals surface area contributed by atoms with Gasteiger partial charge in [0.15, 0.2) is 0 Å². The molecule has 1 aromatic heterocycles. The molecular formula is C22H29ClN2O3. The number of halogens is 1. The number of benzene rings is 1. The van der Waals surface area contributed by atoms with E-state index in [0.717, 1.165) is 41.0 Å². The lowest BCUT2D eigenvalue weighted by Crippen LogP contribution is -2.33. The van der Waals surface area contributed by atoms with Crippen molar-refractivity contribution in [1.29, 1.82) is 0 Å². The lowest BCUT2D eigenvalue weighted by atomic mass is 10.0. The smallest absolute Gasteiger partial charge is 0.314 e. The predicted octanol–water partition coefficient (Wildman–Crippen LogP) is 4.58. The lowest BCUT2D eigenvalue weighted by Gasteiger charge is -2.27. The topological polar surface area (TPSA) is 62.4 Å². The van der Waals surface area contributed by atoms with Crippen LogP contribution in [0.3, 0.4) is 0 Å². The van der Waals surface area contributed by atoms with Crippen molar-refractivity contribution in [2.45, 2.75) is 53.0 Å². The molecule has 0 aliphatic rings. The zero-order valence-electron chi connectivity index (χ0n) is 17.0. The van der Waals surface area contributed by atoms with Crippen LogP contribution in [-0.4, -0.2) is 29.3 Å². The Bertz CT molecular complexity index is 794. The van der Waals surface area contributed by atoms with E-state index >= 15 is 0 Å². The summed E-state index contributed by atoms with van der Waals surface area (Å²) < 4.78 is 5.09. The van der Waals surface area contributed by atoms with Crippen LogP contribution in [0, 0.1) is 0 Å². The minimum Gasteiger partial charge on any atom is -0.465 e. The maximum absolute atomic E-state index is 12.7. The van der Waals surface area contributed by atoms with Crippen molar-refractivity contribution >= 4 is 29.2 Å². The quantitative estimate of drug-likeness (QED) is 0.491. The first-order valence-corrected chi connectivity index (χ1v) is 10.3. The van der Waals surface area contributed by atoms with Gasteiger partial charge in [0.2, 0.25) is 5.91 Å². The van der Waals surface area contributed by atoms with E-state index < -0.39 is 0 Å². The Labute approximate surface area is 172 Å². The van der Waals surface area contributed by atoms with Crippen molar-refractivity contribution in [3.8, 4) is 0 Å². The minimum atomic E-state index is -0.389. The summed E-state index contributed by atoms with van der Waals surface area (Å²) in [5, 5.41) is 0. The highest BCUT2D eigenvalue weighted by atomic mass is 35.5. The molecule has 0 radical (unpaired) electrons. The molecule has 0 aliphatic heterocycles. The maximum atomic E-state index is 12.7. The zero-order valence-corrected chi connectivity index (χ0v) is 17.8. The van der Waals surface area contributed by atoms with Crippen molar-refractivity contribution in [3.05, 3.63) is 52.8 Å². The fourth-order valence-corrected chi connectivity index (χ4v) is 3.44. The Balaban J connectivity index is 2.35. The van der Waals surface area contributed by atoms with Crippen molar-refractivity contribution in [3.63, 3.8) is 0 Å². The SMILES string of the molecule is CCOC(=O)C(C)c1ccc(CN(C(=O)CCl)c2c(CC)cccc2CC)[nH]1. The molecule has 2 rings (SSSR count). The number of anilines is 1. The highest BCUT2D eigenvalue weighted by Crippen LogP contribution is 2.29. The number of carbonyl (C=O) groups is 2. The first-order chi connectivity index (χ1) is 13.5. The molecule has 1 atom stereocenters. The first kappa shape index (κ1) is 22.0. The molecule has 1 amide bonds. The molecule has 152 valence electrons. The Hall–Kier alpha value is -2.27. The molecule has 1 unspecified atom stereocenters. The zero-order chi connectivity index (χ0) is 20.7. The molecule has 1 aromatic carbocycles. The number of nitrogens with one attached hydrogen (secondary N) is 1. The van der Waals surface area contributed by atoms with Gasteiger partial charge in [-0.05, 0) is 49.9 Å². The van der Waals surface area contributed by atoms with Gasteiger partial charge >= 0.3 is 5.97 Å². The van der Waals surface area contributed by atoms with Crippen LogP contribution in [-0.2, 0) is 33.7 Å². The van der Waals surface area contributed by atoms with Gasteiger partial charge in [0.1, 0.15) is 5.88 Å². The molecule has 2 aromatic rings. The summed E-state index contributed by atoms with van der Waals surface area (Å²) in [6.45, 7) is 8.46. The number of rotatable bonds is 9. The number of aryl methyl sites for hydroxylation is 2. The van der Waals surface area contributed by atoms with E-state index in [1.165, 1.54) is 0 Å². The van der Waals surface area contributed by atoms with Gasteiger partial charge < -0.3 is 14.6 Å². The van der Waals surface area contributed by atoms with Crippen LogP contribution in [0.5, 0.6) is 0 Å². The second kappa shape index (κ2) is 10.3.